The number of ether oxygens (including phenoxy) is 4. The standard InChI is InChI=1S/C14H11ClF3NO4S.C14H9ClF3NO4S.C7H4BrF3O.C7H6ClNO3S.C4H8O.C4H9.Li/c2*15-11-6-3-9(7-12(11)24(19,21)22)13(20)8-1-4-10(5-2-8)23-14(16,17)18;8-5-1-3-6(4-2-5)12-7(9,10)11;8-6-2-1-5(4-10)3-7(6)13(9,11)12;1-2-4-5-3-1;1-3-4-2;/h1-7,13,20H,(H2,19,21,22);1-7H,(H2,19,21,22);1-4H;1-4H,(H2,9,11,12);1-4H2;1,3-4H2,2H3;/q;;;;;-1;+1. The van der Waals surface area contributed by atoms with E-state index in [1.54, 1.807) is 0 Å². The van der Waals surface area contributed by atoms with Crippen LogP contribution in [0.15, 0.2) is 147 Å². The number of halogens is 13. The maximum atomic E-state index is 12.3. The second-order valence-electron chi connectivity index (χ2n) is 15.9. The second kappa shape index (κ2) is 34.2. The van der Waals surface area contributed by atoms with Crippen molar-refractivity contribution in [3.05, 3.63) is 182 Å². The summed E-state index contributed by atoms with van der Waals surface area (Å²) in [6.45, 7) is 7.72. The minimum atomic E-state index is -4.84. The Labute approximate surface area is 506 Å². The molecule has 83 heavy (non-hydrogen) atoms. The summed E-state index contributed by atoms with van der Waals surface area (Å²) < 4.78 is 192. The van der Waals surface area contributed by atoms with Crippen LogP contribution in [0.25, 0.3) is 0 Å². The van der Waals surface area contributed by atoms with Crippen molar-refractivity contribution in [2.75, 3.05) is 13.2 Å². The molecule has 1 aliphatic heterocycles. The summed E-state index contributed by atoms with van der Waals surface area (Å²) in [7, 11) is -12.1. The predicted octanol–water partition coefficient (Wildman–Crippen LogP) is 9.65. The van der Waals surface area contributed by atoms with Crippen LogP contribution in [-0.4, -0.2) is 74.7 Å². The summed E-state index contributed by atoms with van der Waals surface area (Å²) in [4.78, 5) is 21.6. The molecule has 7 rings (SSSR count). The van der Waals surface area contributed by atoms with Crippen molar-refractivity contribution >= 4 is 92.9 Å². The van der Waals surface area contributed by atoms with E-state index in [1.807, 2.05) is 0 Å². The summed E-state index contributed by atoms with van der Waals surface area (Å²) in [5.74, 6) is -1.76. The molecule has 450 valence electrons. The molecule has 33 heteroatoms. The number of carbonyl (C=O) groups is 2. The average molecular weight is 1360 g/mol. The van der Waals surface area contributed by atoms with Gasteiger partial charge in [0.15, 0.2) is 5.78 Å². The fraction of sp³-hybridized carbons (Fsp3) is 0.220. The molecule has 0 spiro atoms. The number of unbranched alkanes of at least 4 members (excludes halogenated alkanes) is 1. The summed E-state index contributed by atoms with van der Waals surface area (Å²) in [5.41, 5.74) is 0.605. The van der Waals surface area contributed by atoms with Crippen LogP contribution < -0.4 is 48.5 Å². The molecule has 6 aromatic carbocycles. The molecular formula is C50H47BrCl3F9LiN3O13S3. The van der Waals surface area contributed by atoms with Crippen LogP contribution in [0.1, 0.15) is 76.1 Å². The maximum Gasteiger partial charge on any atom is 1.00 e. The van der Waals surface area contributed by atoms with E-state index in [4.69, 9.17) is 55.0 Å². The number of hydrogen-bond donors (Lipinski definition) is 4. The van der Waals surface area contributed by atoms with E-state index in [9.17, 15) is 79.5 Å². The van der Waals surface area contributed by atoms with Gasteiger partial charge in [-0.3, -0.25) is 9.59 Å². The van der Waals surface area contributed by atoms with Crippen molar-refractivity contribution in [3.8, 4) is 17.2 Å². The molecular weight excluding hydrogens is 1310 g/mol. The van der Waals surface area contributed by atoms with Crippen molar-refractivity contribution in [3.63, 3.8) is 0 Å². The first kappa shape index (κ1) is 76.0. The van der Waals surface area contributed by atoms with E-state index in [2.05, 4.69) is 44.0 Å². The van der Waals surface area contributed by atoms with Crippen molar-refractivity contribution < 1.29 is 117 Å². The van der Waals surface area contributed by atoms with Crippen LogP contribution in [0.2, 0.25) is 15.1 Å². The second-order valence-corrected chi connectivity index (χ2v) is 22.6. The van der Waals surface area contributed by atoms with Crippen LogP contribution >= 0.6 is 50.7 Å². The molecule has 1 saturated heterocycles. The largest absolute Gasteiger partial charge is 1.00 e. The van der Waals surface area contributed by atoms with Gasteiger partial charge in [0, 0.05) is 34.4 Å². The SMILES string of the molecule is C1CCOC1.FC(F)(F)Oc1ccc(Br)cc1.NS(=O)(=O)c1cc(C(=O)c2ccc(OC(F)(F)F)cc2)ccc1Cl.NS(=O)(=O)c1cc(C(O)c2ccc(OC(F)(F)F)cc2)ccc1Cl.NS(=O)(=O)c1cc(C=O)ccc1Cl.[CH2-]CCC.[Li+]. The van der Waals surface area contributed by atoms with Gasteiger partial charge in [-0.15, -0.1) is 39.5 Å². The number of primary sulfonamides is 3. The first-order chi connectivity index (χ1) is 37.8. The Balaban J connectivity index is 0.000000541. The number of benzene rings is 6. The smallest absolute Gasteiger partial charge is 0.406 e. The number of aldehydes is 1. The topological polar surface area (TPSA) is 272 Å². The number of aliphatic hydroxyl groups excluding tert-OH is 1. The molecule has 0 aliphatic carbocycles. The average Bonchev–Trinajstić information content (AvgIpc) is 4.00. The number of hydrogen-bond acceptors (Lipinski definition) is 13. The molecule has 16 nitrogen and oxygen atoms in total. The van der Waals surface area contributed by atoms with Crippen LogP contribution in [-0.2, 0) is 34.8 Å². The summed E-state index contributed by atoms with van der Waals surface area (Å²) in [5, 5.41) is 24.9. The Kier molecular flexibility index (Phi) is 31.4. The van der Waals surface area contributed by atoms with Crippen LogP contribution in [0, 0.1) is 6.92 Å². The number of aliphatic hydroxyl groups is 1. The molecule has 0 aromatic heterocycles. The Morgan fingerprint density at radius 2 is 0.940 bits per heavy atom. The van der Waals surface area contributed by atoms with Gasteiger partial charge in [-0.2, -0.15) is 6.42 Å². The van der Waals surface area contributed by atoms with Gasteiger partial charge in [0.2, 0.25) is 30.1 Å². The summed E-state index contributed by atoms with van der Waals surface area (Å²) in [6, 6.07) is 25.1. The number of alkyl halides is 9. The van der Waals surface area contributed by atoms with Gasteiger partial charge in [0.05, 0.1) is 15.1 Å². The minimum Gasteiger partial charge on any atom is -0.406 e. The Bertz CT molecular complexity index is 3380. The van der Waals surface area contributed by atoms with Gasteiger partial charge in [-0.25, -0.2) is 40.7 Å². The van der Waals surface area contributed by atoms with Gasteiger partial charge in [-0.05, 0) is 127 Å². The molecule has 0 amide bonds. The minimum absolute atomic E-state index is 0. The number of carbonyl (C=O) groups excluding carboxylic acids is 2. The molecule has 6 aromatic rings. The van der Waals surface area contributed by atoms with Crippen molar-refractivity contribution in [1.82, 2.24) is 0 Å². The molecule has 1 fully saturated rings. The molecule has 0 bridgehead atoms. The zero-order valence-electron chi connectivity index (χ0n) is 42.9. The molecule has 7 N–H and O–H groups in total. The van der Waals surface area contributed by atoms with E-state index < -0.39 is 77.4 Å². The molecule has 1 aliphatic rings. The third-order valence-corrected chi connectivity index (χ3v) is 14.2. The van der Waals surface area contributed by atoms with Crippen molar-refractivity contribution in [2.24, 2.45) is 15.4 Å². The van der Waals surface area contributed by atoms with E-state index >= 15 is 0 Å². The molecule has 1 heterocycles. The van der Waals surface area contributed by atoms with Crippen molar-refractivity contribution in [2.45, 2.75) is 72.5 Å². The Hall–Kier alpha value is -4.97. The predicted molar refractivity (Wildman–Crippen MR) is 289 cm³/mol. The third-order valence-electron chi connectivity index (χ3n) is 9.48. The molecule has 1 unspecified atom stereocenters. The fourth-order valence-corrected chi connectivity index (χ4v) is 9.24. The molecule has 1 atom stereocenters. The Morgan fingerprint density at radius 3 is 1.30 bits per heavy atom. The number of rotatable bonds is 12. The Morgan fingerprint density at radius 1 is 0.602 bits per heavy atom. The van der Waals surface area contributed by atoms with Crippen LogP contribution in [0.4, 0.5) is 39.5 Å². The van der Waals surface area contributed by atoms with Gasteiger partial charge in [-0.1, -0.05) is 88.3 Å². The first-order valence-corrected chi connectivity index (χ1v) is 29.1. The van der Waals surface area contributed by atoms with Gasteiger partial charge >= 0.3 is 37.9 Å². The van der Waals surface area contributed by atoms with Crippen LogP contribution in [0.3, 0.4) is 0 Å². The monoisotopic (exact) mass is 1360 g/mol. The summed E-state index contributed by atoms with van der Waals surface area (Å²) >= 11 is 20.1. The number of nitrogens with two attached hydrogens (primary N) is 3. The summed E-state index contributed by atoms with van der Waals surface area (Å²) in [6.07, 6.45) is -10.2. The normalized spacial score (nSPS) is 12.6. The quantitative estimate of drug-likeness (QED) is 0.0292. The van der Waals surface area contributed by atoms with Gasteiger partial charge in [0.1, 0.15) is 44.3 Å². The zero-order valence-corrected chi connectivity index (χ0v) is 49.2. The van der Waals surface area contributed by atoms with Gasteiger partial charge in [0.25, 0.3) is 0 Å². The fourth-order valence-electron chi connectivity index (χ4n) is 5.75. The molecule has 0 saturated carbocycles. The van der Waals surface area contributed by atoms with Crippen molar-refractivity contribution in [1.29, 1.82) is 0 Å². The van der Waals surface area contributed by atoms with Crippen LogP contribution in [0.5, 0.6) is 17.2 Å². The van der Waals surface area contributed by atoms with E-state index in [-0.39, 0.29) is 77.3 Å². The third kappa shape index (κ3) is 29.6. The maximum absolute atomic E-state index is 12.3. The van der Waals surface area contributed by atoms with E-state index in [0.29, 0.717) is 10.8 Å². The van der Waals surface area contributed by atoms with Gasteiger partial charge < -0.3 is 31.0 Å². The number of ketones is 1. The first-order valence-electron chi connectivity index (χ1n) is 22.5. The van der Waals surface area contributed by atoms with E-state index in [1.165, 1.54) is 92.1 Å². The number of sulfonamides is 3. The van der Waals surface area contributed by atoms with E-state index in [0.717, 1.165) is 74.2 Å². The molecule has 0 radical (unpaired) electrons. The zero-order chi connectivity index (χ0) is 62.4.